The van der Waals surface area contributed by atoms with Crippen LogP contribution in [0.15, 0.2) is 84.9 Å². The maximum absolute atomic E-state index is 9.83. The Hall–Kier alpha value is -2.27. The Balaban J connectivity index is 0.000000403. The Morgan fingerprint density at radius 3 is 1.55 bits per heavy atom. The fourth-order valence-electron chi connectivity index (χ4n) is 2.66. The highest BCUT2D eigenvalue weighted by atomic mass is 32.2. The van der Waals surface area contributed by atoms with Gasteiger partial charge in [-0.15, -0.1) is 0 Å². The molecule has 0 aliphatic carbocycles. The zero-order chi connectivity index (χ0) is 20.4. The number of phenols is 1. The maximum atomic E-state index is 9.83. The zero-order valence-corrected chi connectivity index (χ0v) is 18.0. The number of hydrogen-bond donors (Lipinski definition) is 1. The number of rotatable bonds is 6. The van der Waals surface area contributed by atoms with E-state index < -0.39 is 18.0 Å². The van der Waals surface area contributed by atoms with Crippen LogP contribution < -0.4 is 15.9 Å². The summed E-state index contributed by atoms with van der Waals surface area (Å²) < 4.78 is 29.5. The molecule has 3 rings (SSSR count). The predicted molar refractivity (Wildman–Crippen MR) is 120 cm³/mol. The summed E-state index contributed by atoms with van der Waals surface area (Å²) in [4.78, 5) is 0. The maximum Gasteiger partial charge on any atom is 0.115 e. The Kier molecular flexibility index (Phi) is 10.5. The molecule has 0 atom stereocenters. The number of halogens is 1. The molecule has 0 radical (unpaired) electrons. The van der Waals surface area contributed by atoms with E-state index in [9.17, 15) is 18.1 Å². The molecule has 3 aromatic carbocycles. The van der Waals surface area contributed by atoms with E-state index in [2.05, 4.69) is 48.5 Å². The van der Waals surface area contributed by atoms with E-state index in [1.54, 1.807) is 12.1 Å². The summed E-state index contributed by atoms with van der Waals surface area (Å²) in [5, 5.41) is 13.5. The van der Waals surface area contributed by atoms with Crippen molar-refractivity contribution in [1.82, 2.24) is 0 Å². The fraction of sp³-hybridized carbons (Fsp3) is 0.182. The third-order valence-electron chi connectivity index (χ3n) is 4.03. The third kappa shape index (κ3) is 8.73. The second-order valence-corrected chi connectivity index (χ2v) is 10.3. The summed E-state index contributed by atoms with van der Waals surface area (Å²) in [7, 11) is -4.94. The second-order valence-electron chi connectivity index (χ2n) is 6.27. The van der Waals surface area contributed by atoms with Crippen molar-refractivity contribution in [3.8, 4) is 5.75 Å². The van der Waals surface area contributed by atoms with Gasteiger partial charge in [0.2, 0.25) is 0 Å². The SMILES string of the molecule is CCCCS(=O)(=O)[O-].F.Oc1ccc([PH+](c2ccccc2)c2ccccc2)cc1. The second kappa shape index (κ2) is 12.3. The van der Waals surface area contributed by atoms with Crippen LogP contribution in [0.5, 0.6) is 5.75 Å². The lowest BCUT2D eigenvalue weighted by Crippen LogP contribution is -2.20. The molecular formula is C22H26FO4PS. The molecule has 0 heterocycles. The number of phenolic OH excluding ortho intramolecular Hbond substituents is 1. The van der Waals surface area contributed by atoms with E-state index in [0.29, 0.717) is 12.2 Å². The van der Waals surface area contributed by atoms with Crippen LogP contribution in [0.4, 0.5) is 4.70 Å². The van der Waals surface area contributed by atoms with Crippen LogP contribution >= 0.6 is 7.92 Å². The van der Waals surface area contributed by atoms with Crippen LogP contribution in [0.3, 0.4) is 0 Å². The van der Waals surface area contributed by atoms with Crippen molar-refractivity contribution < 1.29 is 22.8 Å². The summed E-state index contributed by atoms with van der Waals surface area (Å²) in [5.41, 5.74) is 0. The van der Waals surface area contributed by atoms with Crippen LogP contribution in [-0.2, 0) is 10.1 Å². The number of unbranched alkanes of at least 4 members (excludes halogenated alkanes) is 1. The molecule has 0 bridgehead atoms. The Labute approximate surface area is 173 Å². The summed E-state index contributed by atoms with van der Waals surface area (Å²) in [6, 6.07) is 28.8. The first kappa shape index (κ1) is 24.8. The van der Waals surface area contributed by atoms with E-state index in [1.807, 2.05) is 31.2 Å². The first-order valence-corrected chi connectivity index (χ1v) is 12.2. The van der Waals surface area contributed by atoms with Crippen molar-refractivity contribution in [1.29, 1.82) is 0 Å². The number of aromatic hydroxyl groups is 1. The largest absolute Gasteiger partial charge is 0.748 e. The molecule has 156 valence electrons. The lowest BCUT2D eigenvalue weighted by Gasteiger charge is -2.10. The van der Waals surface area contributed by atoms with Crippen molar-refractivity contribution in [3.05, 3.63) is 84.9 Å². The summed E-state index contributed by atoms with van der Waals surface area (Å²) in [5.74, 6) is 0.0972. The molecule has 0 spiro atoms. The van der Waals surface area contributed by atoms with Crippen molar-refractivity contribution >= 4 is 34.0 Å². The monoisotopic (exact) mass is 436 g/mol. The Morgan fingerprint density at radius 2 is 1.21 bits per heavy atom. The van der Waals surface area contributed by atoms with Crippen molar-refractivity contribution in [3.63, 3.8) is 0 Å². The number of benzene rings is 3. The van der Waals surface area contributed by atoms with E-state index in [0.717, 1.165) is 6.42 Å². The molecule has 7 heteroatoms. The van der Waals surface area contributed by atoms with E-state index in [4.69, 9.17) is 0 Å². The molecule has 0 unspecified atom stereocenters. The van der Waals surface area contributed by atoms with Gasteiger partial charge in [0, 0.05) is 5.75 Å². The van der Waals surface area contributed by atoms with Gasteiger partial charge in [-0.05, 0) is 55.0 Å². The normalized spacial score (nSPS) is 10.6. The summed E-state index contributed by atoms with van der Waals surface area (Å²) in [6.07, 6.45) is 1.23. The molecular weight excluding hydrogens is 410 g/mol. The highest BCUT2D eigenvalue weighted by molar-refractivity contribution is 7.85. The minimum atomic E-state index is -3.94. The molecule has 0 fully saturated rings. The van der Waals surface area contributed by atoms with Gasteiger partial charge in [-0.3, -0.25) is 4.70 Å². The van der Waals surface area contributed by atoms with Gasteiger partial charge in [0.05, 0.1) is 18.0 Å². The van der Waals surface area contributed by atoms with Crippen LogP contribution in [0.25, 0.3) is 0 Å². The highest BCUT2D eigenvalue weighted by Crippen LogP contribution is 2.32. The topological polar surface area (TPSA) is 77.4 Å². The van der Waals surface area contributed by atoms with E-state index in [-0.39, 0.29) is 10.5 Å². The molecule has 0 aliphatic heterocycles. The standard InChI is InChI=1S/C18H15OP.C4H10O3S.FH/c19-15-11-13-18(14-12-15)20(16-7-3-1-4-8-16)17-9-5-2-6-10-17;1-2-3-4-8(5,6)7;/h1-14,19H;2-4H2,1H3,(H,5,6,7);1H. The van der Waals surface area contributed by atoms with Crippen LogP contribution in [-0.4, -0.2) is 23.8 Å². The van der Waals surface area contributed by atoms with Gasteiger partial charge in [0.15, 0.2) is 0 Å². The van der Waals surface area contributed by atoms with Gasteiger partial charge >= 0.3 is 0 Å². The molecule has 29 heavy (non-hydrogen) atoms. The van der Waals surface area contributed by atoms with Crippen molar-refractivity contribution in [2.75, 3.05) is 5.75 Å². The van der Waals surface area contributed by atoms with Crippen LogP contribution in [0.2, 0.25) is 0 Å². The lowest BCUT2D eigenvalue weighted by atomic mass is 10.3. The van der Waals surface area contributed by atoms with E-state index in [1.165, 1.54) is 15.9 Å². The molecule has 0 aliphatic rings. The molecule has 0 saturated carbocycles. The Morgan fingerprint density at radius 1 is 0.793 bits per heavy atom. The van der Waals surface area contributed by atoms with Gasteiger partial charge in [-0.25, -0.2) is 8.42 Å². The smallest absolute Gasteiger partial charge is 0.115 e. The molecule has 3 aromatic rings. The molecule has 0 saturated heterocycles. The molecule has 4 nitrogen and oxygen atoms in total. The van der Waals surface area contributed by atoms with Gasteiger partial charge in [0.1, 0.15) is 21.7 Å². The highest BCUT2D eigenvalue weighted by Gasteiger charge is 2.24. The quantitative estimate of drug-likeness (QED) is 0.475. The van der Waals surface area contributed by atoms with Gasteiger partial charge in [-0.2, -0.15) is 0 Å². The summed E-state index contributed by atoms with van der Waals surface area (Å²) >= 11 is 0. The first-order valence-electron chi connectivity index (χ1n) is 9.11. The number of hydrogen-bond acceptors (Lipinski definition) is 4. The minimum Gasteiger partial charge on any atom is -0.748 e. The van der Waals surface area contributed by atoms with Crippen LogP contribution in [0, 0.1) is 0 Å². The average Bonchev–Trinajstić information content (AvgIpc) is 2.70. The zero-order valence-electron chi connectivity index (χ0n) is 16.2. The van der Waals surface area contributed by atoms with Crippen molar-refractivity contribution in [2.24, 2.45) is 0 Å². The van der Waals surface area contributed by atoms with Gasteiger partial charge in [0.25, 0.3) is 0 Å². The summed E-state index contributed by atoms with van der Waals surface area (Å²) in [6.45, 7) is 1.84. The van der Waals surface area contributed by atoms with Gasteiger partial charge in [-0.1, -0.05) is 49.7 Å². The van der Waals surface area contributed by atoms with Crippen molar-refractivity contribution in [2.45, 2.75) is 19.8 Å². The fourth-order valence-corrected chi connectivity index (χ4v) is 5.85. The molecule has 0 amide bonds. The Bertz CT molecular complexity index is 894. The van der Waals surface area contributed by atoms with E-state index >= 15 is 0 Å². The van der Waals surface area contributed by atoms with Gasteiger partial charge < -0.3 is 9.66 Å². The lowest BCUT2D eigenvalue weighted by molar-refractivity contribution is 0.461. The predicted octanol–water partition coefficient (Wildman–Crippen LogP) is 3.37. The molecule has 1 N–H and O–H groups in total. The average molecular weight is 436 g/mol. The molecule has 0 aromatic heterocycles. The minimum absolute atomic E-state index is 0. The van der Waals surface area contributed by atoms with Crippen LogP contribution in [0.1, 0.15) is 19.8 Å². The third-order valence-corrected chi connectivity index (χ3v) is 7.55. The first-order chi connectivity index (χ1) is 13.4.